The number of furan rings is 1. The molecule has 0 aliphatic carbocycles. The molecule has 2 heteroatoms. The zero-order chi connectivity index (χ0) is 12.4. The maximum atomic E-state index is 5.55. The molecule has 0 bridgehead atoms. The van der Waals surface area contributed by atoms with E-state index < -0.39 is 0 Å². The number of hydrogen-bond donors (Lipinski definition) is 1. The van der Waals surface area contributed by atoms with Crippen LogP contribution in [-0.4, -0.2) is 5.54 Å². The first-order chi connectivity index (χ1) is 7.18. The molecule has 16 heavy (non-hydrogen) atoms. The van der Waals surface area contributed by atoms with E-state index in [9.17, 15) is 0 Å². The summed E-state index contributed by atoms with van der Waals surface area (Å²) in [5.74, 6) is 1.99. The first-order valence-electron chi connectivity index (χ1n) is 5.98. The van der Waals surface area contributed by atoms with Crippen LogP contribution in [0.25, 0.3) is 0 Å². The Kier molecular flexibility index (Phi) is 3.84. The first-order valence-corrected chi connectivity index (χ1v) is 5.98. The molecule has 2 nitrogen and oxygen atoms in total. The van der Waals surface area contributed by atoms with Gasteiger partial charge in [-0.2, -0.15) is 0 Å². The number of nitrogens with one attached hydrogen (secondary N) is 1. The van der Waals surface area contributed by atoms with Gasteiger partial charge >= 0.3 is 0 Å². The smallest absolute Gasteiger partial charge is 0.117 e. The van der Waals surface area contributed by atoms with E-state index in [1.807, 2.05) is 19.1 Å². The standard InChI is InChI=1S/C14H25NO/c1-11-7-8-12(16-11)9-15-14(5,6)10-13(2,3)4/h7-8,15H,9-10H2,1-6H3. The lowest BCUT2D eigenvalue weighted by atomic mass is 9.82. The lowest BCUT2D eigenvalue weighted by Crippen LogP contribution is -2.41. The highest BCUT2D eigenvalue weighted by molar-refractivity contribution is 5.05. The van der Waals surface area contributed by atoms with E-state index in [1.165, 1.54) is 0 Å². The number of hydrogen-bond acceptors (Lipinski definition) is 2. The van der Waals surface area contributed by atoms with Gasteiger partial charge in [-0.3, -0.25) is 0 Å². The molecule has 1 N–H and O–H groups in total. The van der Waals surface area contributed by atoms with Crippen LogP contribution in [0, 0.1) is 12.3 Å². The highest BCUT2D eigenvalue weighted by Gasteiger charge is 2.24. The van der Waals surface area contributed by atoms with E-state index in [0.29, 0.717) is 5.41 Å². The summed E-state index contributed by atoms with van der Waals surface area (Å²) in [4.78, 5) is 0. The van der Waals surface area contributed by atoms with Crippen LogP contribution in [0.15, 0.2) is 16.5 Å². The highest BCUT2D eigenvalue weighted by atomic mass is 16.3. The van der Waals surface area contributed by atoms with Crippen LogP contribution >= 0.6 is 0 Å². The third kappa shape index (κ3) is 4.84. The molecule has 0 unspecified atom stereocenters. The largest absolute Gasteiger partial charge is 0.465 e. The summed E-state index contributed by atoms with van der Waals surface area (Å²) < 4.78 is 5.55. The molecule has 0 saturated carbocycles. The van der Waals surface area contributed by atoms with Crippen molar-refractivity contribution in [3.8, 4) is 0 Å². The van der Waals surface area contributed by atoms with Gasteiger partial charge < -0.3 is 9.73 Å². The average Bonchev–Trinajstić information content (AvgIpc) is 2.44. The number of aryl methyl sites for hydroxylation is 1. The molecule has 1 aromatic rings. The summed E-state index contributed by atoms with van der Waals surface area (Å²) in [6, 6.07) is 4.04. The van der Waals surface area contributed by atoms with Crippen LogP contribution in [0.4, 0.5) is 0 Å². The third-order valence-electron chi connectivity index (χ3n) is 2.51. The third-order valence-corrected chi connectivity index (χ3v) is 2.51. The van der Waals surface area contributed by atoms with E-state index in [4.69, 9.17) is 4.42 Å². The average molecular weight is 223 g/mol. The van der Waals surface area contributed by atoms with Crippen molar-refractivity contribution in [3.63, 3.8) is 0 Å². The summed E-state index contributed by atoms with van der Waals surface area (Å²) in [7, 11) is 0. The molecule has 0 spiro atoms. The molecule has 0 atom stereocenters. The minimum atomic E-state index is 0.138. The summed E-state index contributed by atoms with van der Waals surface area (Å²) in [6.45, 7) is 14.1. The van der Waals surface area contributed by atoms with Crippen molar-refractivity contribution in [2.75, 3.05) is 0 Å². The Morgan fingerprint density at radius 1 is 1.12 bits per heavy atom. The normalized spacial score (nSPS) is 13.1. The molecular formula is C14H25NO. The van der Waals surface area contributed by atoms with Gasteiger partial charge in [0.15, 0.2) is 0 Å². The van der Waals surface area contributed by atoms with Gasteiger partial charge in [-0.25, -0.2) is 0 Å². The summed E-state index contributed by atoms with van der Waals surface area (Å²) in [6.07, 6.45) is 1.14. The summed E-state index contributed by atoms with van der Waals surface area (Å²) in [5, 5.41) is 3.55. The molecule has 92 valence electrons. The van der Waals surface area contributed by atoms with Gasteiger partial charge in [0.05, 0.1) is 6.54 Å². The molecule has 0 saturated heterocycles. The van der Waals surface area contributed by atoms with E-state index in [-0.39, 0.29) is 5.54 Å². The molecule has 1 heterocycles. The van der Waals surface area contributed by atoms with E-state index in [2.05, 4.69) is 39.9 Å². The van der Waals surface area contributed by atoms with Crippen LogP contribution in [0.5, 0.6) is 0 Å². The minimum absolute atomic E-state index is 0.138. The maximum absolute atomic E-state index is 5.55. The van der Waals surface area contributed by atoms with Gasteiger partial charge in [-0.1, -0.05) is 20.8 Å². The Morgan fingerprint density at radius 2 is 1.75 bits per heavy atom. The second-order valence-corrected chi connectivity index (χ2v) is 6.49. The first kappa shape index (κ1) is 13.3. The Morgan fingerprint density at radius 3 is 2.19 bits per heavy atom. The zero-order valence-corrected chi connectivity index (χ0v) is 11.5. The van der Waals surface area contributed by atoms with Gasteiger partial charge in [0, 0.05) is 5.54 Å². The van der Waals surface area contributed by atoms with E-state index in [1.54, 1.807) is 0 Å². The summed E-state index contributed by atoms with van der Waals surface area (Å²) in [5.41, 5.74) is 0.481. The van der Waals surface area contributed by atoms with Crippen LogP contribution in [0.2, 0.25) is 0 Å². The van der Waals surface area contributed by atoms with E-state index >= 15 is 0 Å². The van der Waals surface area contributed by atoms with Gasteiger partial charge in [-0.15, -0.1) is 0 Å². The maximum Gasteiger partial charge on any atom is 0.117 e. The fraction of sp³-hybridized carbons (Fsp3) is 0.714. The van der Waals surface area contributed by atoms with Gasteiger partial charge in [0.1, 0.15) is 11.5 Å². The van der Waals surface area contributed by atoms with Crippen LogP contribution in [0.1, 0.15) is 52.6 Å². The molecule has 0 aliphatic rings. The Hall–Kier alpha value is -0.760. The minimum Gasteiger partial charge on any atom is -0.465 e. The molecule has 1 aromatic heterocycles. The van der Waals surface area contributed by atoms with Gasteiger partial charge in [-0.05, 0) is 44.7 Å². The quantitative estimate of drug-likeness (QED) is 0.837. The predicted molar refractivity (Wildman–Crippen MR) is 68.4 cm³/mol. The molecule has 0 amide bonds. The number of rotatable bonds is 4. The topological polar surface area (TPSA) is 25.2 Å². The molecule has 0 radical (unpaired) electrons. The van der Waals surface area contributed by atoms with Crippen molar-refractivity contribution in [2.45, 2.75) is 60.0 Å². The summed E-state index contributed by atoms with van der Waals surface area (Å²) >= 11 is 0. The van der Waals surface area contributed by atoms with E-state index in [0.717, 1.165) is 24.5 Å². The molecule has 0 aromatic carbocycles. The zero-order valence-electron chi connectivity index (χ0n) is 11.5. The second-order valence-electron chi connectivity index (χ2n) is 6.49. The Balaban J connectivity index is 2.47. The monoisotopic (exact) mass is 223 g/mol. The molecular weight excluding hydrogens is 198 g/mol. The van der Waals surface area contributed by atoms with Crippen LogP contribution in [0.3, 0.4) is 0 Å². The van der Waals surface area contributed by atoms with Crippen molar-refractivity contribution in [2.24, 2.45) is 5.41 Å². The van der Waals surface area contributed by atoms with Crippen LogP contribution in [-0.2, 0) is 6.54 Å². The van der Waals surface area contributed by atoms with Crippen LogP contribution < -0.4 is 5.32 Å². The van der Waals surface area contributed by atoms with Crippen molar-refractivity contribution in [1.29, 1.82) is 0 Å². The van der Waals surface area contributed by atoms with Crippen molar-refractivity contribution >= 4 is 0 Å². The SMILES string of the molecule is Cc1ccc(CNC(C)(C)CC(C)(C)C)o1. The fourth-order valence-electron chi connectivity index (χ4n) is 2.29. The van der Waals surface area contributed by atoms with Crippen molar-refractivity contribution < 1.29 is 4.42 Å². The second kappa shape index (κ2) is 4.62. The lowest BCUT2D eigenvalue weighted by Gasteiger charge is -2.33. The fourth-order valence-corrected chi connectivity index (χ4v) is 2.29. The van der Waals surface area contributed by atoms with Gasteiger partial charge in [0.25, 0.3) is 0 Å². The molecule has 0 fully saturated rings. The molecule has 1 rings (SSSR count). The van der Waals surface area contributed by atoms with Crippen molar-refractivity contribution in [1.82, 2.24) is 5.32 Å². The Labute approximate surface area is 99.4 Å². The Bertz CT molecular complexity index is 331. The predicted octanol–water partition coefficient (Wildman–Crippen LogP) is 3.89. The highest BCUT2D eigenvalue weighted by Crippen LogP contribution is 2.27. The molecule has 0 aliphatic heterocycles. The van der Waals surface area contributed by atoms with Gasteiger partial charge in [0.2, 0.25) is 0 Å². The lowest BCUT2D eigenvalue weighted by molar-refractivity contribution is 0.235. The van der Waals surface area contributed by atoms with Crippen molar-refractivity contribution in [3.05, 3.63) is 23.7 Å².